The third-order valence-electron chi connectivity index (χ3n) is 8.07. The number of carbonyl (C=O) groups is 1. The highest BCUT2D eigenvalue weighted by Gasteiger charge is 2.19. The molecule has 238 valence electrons. The Bertz CT molecular complexity index is 1790. The van der Waals surface area contributed by atoms with Crippen molar-refractivity contribution in [3.63, 3.8) is 0 Å². The maximum Gasteiger partial charge on any atom is 0.251 e. The number of halogens is 2. The normalized spacial score (nSPS) is 15.0. The van der Waals surface area contributed by atoms with E-state index in [0.29, 0.717) is 65.9 Å². The van der Waals surface area contributed by atoms with Crippen LogP contribution in [-0.4, -0.2) is 82.0 Å². The maximum absolute atomic E-state index is 15.3. The molecule has 0 saturated carbocycles. The van der Waals surface area contributed by atoms with Gasteiger partial charge in [0.1, 0.15) is 25.0 Å². The number of rotatable bonds is 12. The zero-order chi connectivity index (χ0) is 31.6. The number of nitrogens with one attached hydrogen (secondary N) is 1. The quantitative estimate of drug-likeness (QED) is 0.123. The molecule has 0 bridgehead atoms. The van der Waals surface area contributed by atoms with Crippen LogP contribution in [0, 0.1) is 5.82 Å². The third kappa shape index (κ3) is 7.66. The van der Waals surface area contributed by atoms with E-state index in [-0.39, 0.29) is 5.91 Å². The summed E-state index contributed by atoms with van der Waals surface area (Å²) < 4.78 is 38.9. The van der Waals surface area contributed by atoms with Gasteiger partial charge in [-0.1, -0.05) is 37.0 Å². The number of ether oxygens (including phenoxy) is 1. The van der Waals surface area contributed by atoms with E-state index in [0.717, 1.165) is 42.3 Å². The van der Waals surface area contributed by atoms with Gasteiger partial charge in [0.2, 0.25) is 0 Å². The third-order valence-corrected chi connectivity index (χ3v) is 10.8. The maximum atomic E-state index is 15.3. The number of alkyl halides is 1. The highest BCUT2D eigenvalue weighted by atomic mass is 32.1. The van der Waals surface area contributed by atoms with Crippen LogP contribution < -0.4 is 5.32 Å². The molecule has 9 nitrogen and oxygen atoms in total. The number of hydrogen-bond acceptors (Lipinski definition) is 7. The van der Waals surface area contributed by atoms with Crippen molar-refractivity contribution in [2.75, 3.05) is 32.8 Å². The molecule has 1 fully saturated rings. The molecule has 4 heterocycles. The number of nitrogens with zero attached hydrogens (tertiary/aromatic N) is 6. The molecule has 1 aliphatic heterocycles. The van der Waals surface area contributed by atoms with E-state index in [9.17, 15) is 9.18 Å². The Kier molecular flexibility index (Phi) is 9.40. The van der Waals surface area contributed by atoms with E-state index >= 15 is 4.39 Å². The Morgan fingerprint density at radius 2 is 1.98 bits per heavy atom. The van der Waals surface area contributed by atoms with E-state index in [4.69, 9.17) is 9.72 Å². The van der Waals surface area contributed by atoms with Gasteiger partial charge < -0.3 is 15.0 Å². The van der Waals surface area contributed by atoms with Gasteiger partial charge in [-0.15, -0.1) is 5.10 Å². The van der Waals surface area contributed by atoms with Gasteiger partial charge in [0.05, 0.1) is 15.9 Å². The van der Waals surface area contributed by atoms with E-state index < -0.39 is 20.1 Å². The topological polar surface area (TPSA) is 89.6 Å². The minimum absolute atomic E-state index is 0.123. The highest BCUT2D eigenvalue weighted by molar-refractivity contribution is 7.23. The van der Waals surface area contributed by atoms with Crippen molar-refractivity contribution in [2.45, 2.75) is 57.9 Å². The molecular weight excluding hydrogens is 613 g/mol. The van der Waals surface area contributed by atoms with E-state index in [1.165, 1.54) is 17.4 Å². The molecule has 6 rings (SSSR count). The van der Waals surface area contributed by atoms with Gasteiger partial charge in [0.25, 0.3) is 5.91 Å². The van der Waals surface area contributed by atoms with Gasteiger partial charge in [-0.2, -0.15) is 0 Å². The van der Waals surface area contributed by atoms with Crippen molar-refractivity contribution in [3.8, 4) is 22.6 Å². The van der Waals surface area contributed by atoms with Crippen LogP contribution in [0.25, 0.3) is 37.8 Å². The Labute approximate surface area is 266 Å². The lowest BCUT2D eigenvalue weighted by Gasteiger charge is -2.28. The fourth-order valence-corrected chi connectivity index (χ4v) is 7.19. The monoisotopic (exact) mass is 651 g/mol. The second-order valence-electron chi connectivity index (χ2n) is 12.8. The van der Waals surface area contributed by atoms with Crippen LogP contribution in [-0.2, 0) is 11.5 Å². The molecule has 2 aromatic carbocycles. The molecule has 1 N–H and O–H groups in total. The van der Waals surface area contributed by atoms with Crippen LogP contribution in [0.2, 0.25) is 25.7 Å². The lowest BCUT2D eigenvalue weighted by atomic mass is 10.1. The average molecular weight is 652 g/mol. The Morgan fingerprint density at radius 3 is 2.76 bits per heavy atom. The molecule has 1 amide bonds. The Balaban J connectivity index is 1.07. The average Bonchev–Trinajstić information content (AvgIpc) is 3.73. The zero-order valence-electron chi connectivity index (χ0n) is 25.9. The van der Waals surface area contributed by atoms with E-state index in [1.807, 2.05) is 22.7 Å². The Morgan fingerprint density at radius 1 is 1.16 bits per heavy atom. The molecular formula is C32H39F2N7O2SSi. The summed E-state index contributed by atoms with van der Waals surface area (Å²) in [5, 5.41) is 7.44. The number of benzene rings is 2. The van der Waals surface area contributed by atoms with Gasteiger partial charge >= 0.3 is 0 Å². The summed E-state index contributed by atoms with van der Waals surface area (Å²) in [4.78, 5) is 24.8. The van der Waals surface area contributed by atoms with Crippen LogP contribution in [0.15, 0.2) is 48.9 Å². The largest absolute Gasteiger partial charge is 0.359 e. The summed E-state index contributed by atoms with van der Waals surface area (Å²) in [6.45, 7) is 10.9. The molecule has 45 heavy (non-hydrogen) atoms. The molecule has 1 aliphatic rings. The number of hydrogen-bond donors (Lipinski definition) is 1. The first kappa shape index (κ1) is 31.5. The van der Waals surface area contributed by atoms with Crippen LogP contribution in [0.3, 0.4) is 0 Å². The second kappa shape index (κ2) is 13.5. The number of imidazole rings is 1. The van der Waals surface area contributed by atoms with Gasteiger partial charge in [-0.25, -0.2) is 23.4 Å². The molecule has 0 atom stereocenters. The van der Waals surface area contributed by atoms with Gasteiger partial charge in [0.15, 0.2) is 10.8 Å². The van der Waals surface area contributed by atoms with Crippen molar-refractivity contribution in [2.24, 2.45) is 0 Å². The summed E-state index contributed by atoms with van der Waals surface area (Å²) in [7, 11) is -1.16. The minimum Gasteiger partial charge on any atom is -0.359 e. The van der Waals surface area contributed by atoms with Crippen molar-refractivity contribution >= 4 is 40.5 Å². The number of amides is 1. The number of likely N-dealkylation sites (tertiary alicyclic amines) is 1. The van der Waals surface area contributed by atoms with Gasteiger partial charge in [-0.3, -0.25) is 9.20 Å². The zero-order valence-corrected chi connectivity index (χ0v) is 27.7. The first-order chi connectivity index (χ1) is 21.6. The fraction of sp³-hybridized carbons (Fsp3) is 0.438. The van der Waals surface area contributed by atoms with Gasteiger partial charge in [0, 0.05) is 57.2 Å². The summed E-state index contributed by atoms with van der Waals surface area (Å²) in [6, 6.07) is 11.6. The summed E-state index contributed by atoms with van der Waals surface area (Å²) >= 11 is 1.45. The first-order valence-corrected chi connectivity index (χ1v) is 20.0. The molecule has 0 aliphatic carbocycles. The van der Waals surface area contributed by atoms with E-state index in [1.54, 1.807) is 29.2 Å². The predicted molar refractivity (Wildman–Crippen MR) is 177 cm³/mol. The van der Waals surface area contributed by atoms with Gasteiger partial charge in [-0.05, 0) is 62.2 Å². The fourth-order valence-electron chi connectivity index (χ4n) is 5.39. The van der Waals surface area contributed by atoms with Crippen LogP contribution in [0.5, 0.6) is 0 Å². The predicted octanol–water partition coefficient (Wildman–Crippen LogP) is 6.48. The molecule has 1 saturated heterocycles. The lowest BCUT2D eigenvalue weighted by molar-refractivity contribution is 0.0785. The van der Waals surface area contributed by atoms with Crippen molar-refractivity contribution in [1.29, 1.82) is 0 Å². The SMILES string of the molecule is C[Si](C)(C)CCOCn1cnc(-c2ccc(-c3cn4c(n3)sc3cc(C(=O)NCCCN5CCC(F)CC5)ccc34)c(F)c2)n1. The number of carbonyl (C=O) groups excluding carboxylic acids is 1. The Hall–Kier alpha value is -3.52. The lowest BCUT2D eigenvalue weighted by Crippen LogP contribution is -2.36. The summed E-state index contributed by atoms with van der Waals surface area (Å²) in [6.07, 6.45) is 4.76. The molecule has 3 aromatic heterocycles. The van der Waals surface area contributed by atoms with Crippen molar-refractivity contribution < 1.29 is 18.3 Å². The second-order valence-corrected chi connectivity index (χ2v) is 19.5. The van der Waals surface area contributed by atoms with Crippen LogP contribution in [0.1, 0.15) is 29.6 Å². The summed E-state index contributed by atoms with van der Waals surface area (Å²) in [5.74, 6) is -0.0949. The minimum atomic E-state index is -1.16. The molecule has 0 radical (unpaired) electrons. The van der Waals surface area contributed by atoms with E-state index in [2.05, 4.69) is 39.9 Å². The highest BCUT2D eigenvalue weighted by Crippen LogP contribution is 2.32. The van der Waals surface area contributed by atoms with Crippen molar-refractivity contribution in [3.05, 3.63) is 60.3 Å². The standard InChI is InChI=1S/C32H39F2N7O2SSi/c1-45(2,3)16-15-43-21-40-20-36-30(38-40)22-5-7-25(26(34)17-22)27-19-41-28-8-6-23(18-29(28)44-32(41)37-27)31(42)35-11-4-12-39-13-9-24(33)10-14-39/h5-8,17-20,24H,4,9-16,21H2,1-3H3,(H,35,42). The number of fused-ring (bicyclic) bond motifs is 3. The molecule has 5 aromatic rings. The molecule has 0 spiro atoms. The molecule has 0 unspecified atom stereocenters. The number of aromatic nitrogens is 5. The number of thiazole rings is 1. The van der Waals surface area contributed by atoms with Crippen LogP contribution in [0.4, 0.5) is 8.78 Å². The van der Waals surface area contributed by atoms with Crippen molar-refractivity contribution in [1.82, 2.24) is 34.4 Å². The van der Waals surface area contributed by atoms with Crippen LogP contribution >= 0.6 is 11.3 Å². The first-order valence-electron chi connectivity index (χ1n) is 15.5. The summed E-state index contributed by atoms with van der Waals surface area (Å²) in [5.41, 5.74) is 2.98. The molecule has 13 heteroatoms. The number of piperidine rings is 1. The smallest absolute Gasteiger partial charge is 0.251 e.